The summed E-state index contributed by atoms with van der Waals surface area (Å²) in [7, 11) is 0. The fourth-order valence-corrected chi connectivity index (χ4v) is 3.06. The minimum absolute atomic E-state index is 0.261. The summed E-state index contributed by atoms with van der Waals surface area (Å²) in [4.78, 5) is 24.8. The molecule has 0 saturated carbocycles. The predicted molar refractivity (Wildman–Crippen MR) is 75.4 cm³/mol. The molecule has 1 atom stereocenters. The topological polar surface area (TPSA) is 70.8 Å². The van der Waals surface area contributed by atoms with Crippen molar-refractivity contribution in [2.45, 2.75) is 19.4 Å². The van der Waals surface area contributed by atoms with Crippen LogP contribution in [0, 0.1) is 0 Å². The first kappa shape index (κ1) is 13.8. The summed E-state index contributed by atoms with van der Waals surface area (Å²) < 4.78 is 5.39. The minimum Gasteiger partial charge on any atom is -0.480 e. The molecular formula is C12H11NO4S2. The average molecular weight is 297 g/mol. The van der Waals surface area contributed by atoms with E-state index in [1.54, 1.807) is 25.1 Å². The monoisotopic (exact) mass is 297 g/mol. The lowest BCUT2D eigenvalue weighted by Gasteiger charge is -2.21. The van der Waals surface area contributed by atoms with Gasteiger partial charge in [-0.05, 0) is 18.6 Å². The number of thioether (sulfide) groups is 1. The molecule has 1 N–H and O–H groups in total. The zero-order valence-corrected chi connectivity index (χ0v) is 11.7. The van der Waals surface area contributed by atoms with Crippen LogP contribution in [0.25, 0.3) is 6.08 Å². The van der Waals surface area contributed by atoms with Gasteiger partial charge in [-0.15, -0.1) is 0 Å². The van der Waals surface area contributed by atoms with Gasteiger partial charge in [0, 0.05) is 6.08 Å². The lowest BCUT2D eigenvalue weighted by molar-refractivity contribution is -0.145. The molecule has 1 aromatic heterocycles. The Morgan fingerprint density at radius 2 is 2.42 bits per heavy atom. The standard InChI is InChI=1S/C12H11NO4S2/c1-2-8(11(15)16)13-10(14)9(19-12(13)18)6-7-4-3-5-17-7/h3-6,8H,2H2,1H3,(H,15,16). The molecule has 0 spiro atoms. The number of rotatable bonds is 4. The van der Waals surface area contributed by atoms with E-state index in [1.807, 2.05) is 0 Å². The number of aliphatic carboxylic acids is 1. The van der Waals surface area contributed by atoms with E-state index < -0.39 is 12.0 Å². The number of carbonyl (C=O) groups is 2. The lowest BCUT2D eigenvalue weighted by Crippen LogP contribution is -2.43. The molecule has 1 fully saturated rings. The van der Waals surface area contributed by atoms with Gasteiger partial charge in [0.05, 0.1) is 11.2 Å². The average Bonchev–Trinajstić information content (AvgIpc) is 2.94. The molecule has 1 unspecified atom stereocenters. The Kier molecular flexibility index (Phi) is 4.06. The highest BCUT2D eigenvalue weighted by molar-refractivity contribution is 8.26. The first-order chi connectivity index (χ1) is 9.04. The minimum atomic E-state index is -1.06. The number of furan rings is 1. The van der Waals surface area contributed by atoms with Crippen LogP contribution in [0.1, 0.15) is 19.1 Å². The van der Waals surface area contributed by atoms with Crippen LogP contribution < -0.4 is 0 Å². The summed E-state index contributed by atoms with van der Waals surface area (Å²) in [6.07, 6.45) is 3.36. The van der Waals surface area contributed by atoms with E-state index in [9.17, 15) is 9.59 Å². The Morgan fingerprint density at radius 1 is 1.68 bits per heavy atom. The van der Waals surface area contributed by atoms with E-state index >= 15 is 0 Å². The molecule has 1 saturated heterocycles. The number of thiocarbonyl (C=S) groups is 1. The Balaban J connectivity index is 2.28. The summed E-state index contributed by atoms with van der Waals surface area (Å²) in [6, 6.07) is 2.50. The van der Waals surface area contributed by atoms with Gasteiger partial charge >= 0.3 is 5.97 Å². The maximum Gasteiger partial charge on any atom is 0.326 e. The molecule has 5 nitrogen and oxygen atoms in total. The predicted octanol–water partition coefficient (Wildman–Crippen LogP) is 2.34. The molecule has 100 valence electrons. The van der Waals surface area contributed by atoms with Crippen molar-refractivity contribution in [3.63, 3.8) is 0 Å². The third-order valence-corrected chi connectivity index (χ3v) is 3.95. The number of carbonyl (C=O) groups excluding carboxylic acids is 1. The number of carboxylic acids is 1. The van der Waals surface area contributed by atoms with Crippen LogP contribution >= 0.6 is 24.0 Å². The van der Waals surface area contributed by atoms with Crippen molar-refractivity contribution < 1.29 is 19.1 Å². The number of nitrogens with zero attached hydrogens (tertiary/aromatic N) is 1. The summed E-state index contributed by atoms with van der Waals surface area (Å²) >= 11 is 6.17. The van der Waals surface area contributed by atoms with Crippen molar-refractivity contribution in [3.05, 3.63) is 29.1 Å². The van der Waals surface area contributed by atoms with Gasteiger partial charge in [-0.25, -0.2) is 4.79 Å². The molecule has 0 radical (unpaired) electrons. The molecule has 19 heavy (non-hydrogen) atoms. The Labute approximate surface area is 119 Å². The van der Waals surface area contributed by atoms with Crippen LogP contribution in [-0.2, 0) is 9.59 Å². The highest BCUT2D eigenvalue weighted by Gasteiger charge is 2.39. The largest absolute Gasteiger partial charge is 0.480 e. The van der Waals surface area contributed by atoms with Crippen LogP contribution in [0.2, 0.25) is 0 Å². The van der Waals surface area contributed by atoms with Gasteiger partial charge < -0.3 is 9.52 Å². The van der Waals surface area contributed by atoms with E-state index in [0.717, 1.165) is 16.7 Å². The smallest absolute Gasteiger partial charge is 0.326 e. The van der Waals surface area contributed by atoms with Crippen LogP contribution in [0.3, 0.4) is 0 Å². The molecule has 7 heteroatoms. The zero-order chi connectivity index (χ0) is 14.0. The lowest BCUT2D eigenvalue weighted by atomic mass is 10.2. The van der Waals surface area contributed by atoms with Crippen LogP contribution in [-0.4, -0.2) is 32.2 Å². The van der Waals surface area contributed by atoms with Gasteiger partial charge in [-0.1, -0.05) is 30.9 Å². The van der Waals surface area contributed by atoms with E-state index in [2.05, 4.69) is 0 Å². The van der Waals surface area contributed by atoms with Crippen molar-refractivity contribution in [2.75, 3.05) is 0 Å². The van der Waals surface area contributed by atoms with Crippen LogP contribution in [0.15, 0.2) is 27.7 Å². The number of hydrogen-bond acceptors (Lipinski definition) is 5. The highest BCUT2D eigenvalue weighted by Crippen LogP contribution is 2.34. The van der Waals surface area contributed by atoms with Crippen molar-refractivity contribution in [1.29, 1.82) is 0 Å². The SMILES string of the molecule is CCC(C(=O)O)N1C(=O)C(=Cc2ccco2)SC1=S. The van der Waals surface area contributed by atoms with Gasteiger partial charge in [-0.2, -0.15) is 0 Å². The Hall–Kier alpha value is -1.60. The first-order valence-electron chi connectivity index (χ1n) is 5.58. The summed E-state index contributed by atoms with van der Waals surface area (Å²) in [5, 5.41) is 9.11. The normalized spacial score (nSPS) is 19.2. The second-order valence-electron chi connectivity index (χ2n) is 3.83. The molecular weight excluding hydrogens is 286 g/mol. The van der Waals surface area contributed by atoms with Crippen LogP contribution in [0.5, 0.6) is 0 Å². The van der Waals surface area contributed by atoms with Gasteiger partial charge in [0.15, 0.2) is 0 Å². The Morgan fingerprint density at radius 3 is 2.95 bits per heavy atom. The Bertz CT molecular complexity index is 550. The third kappa shape index (κ3) is 2.71. The van der Waals surface area contributed by atoms with Gasteiger partial charge in [0.25, 0.3) is 5.91 Å². The molecule has 2 rings (SSSR count). The van der Waals surface area contributed by atoms with E-state index in [4.69, 9.17) is 21.7 Å². The molecule has 1 aliphatic heterocycles. The summed E-state index contributed by atoms with van der Waals surface area (Å²) in [6.45, 7) is 1.70. The van der Waals surface area contributed by atoms with Gasteiger partial charge in [-0.3, -0.25) is 9.69 Å². The summed E-state index contributed by atoms with van der Waals surface area (Å²) in [5.41, 5.74) is 0. The molecule has 0 bridgehead atoms. The molecule has 2 heterocycles. The third-order valence-electron chi connectivity index (χ3n) is 2.62. The highest BCUT2D eigenvalue weighted by atomic mass is 32.2. The quantitative estimate of drug-likeness (QED) is 0.679. The van der Waals surface area contributed by atoms with E-state index in [-0.39, 0.29) is 10.2 Å². The maximum atomic E-state index is 12.2. The van der Waals surface area contributed by atoms with Crippen molar-refractivity contribution in [3.8, 4) is 0 Å². The zero-order valence-electron chi connectivity index (χ0n) is 10.0. The number of hydrogen-bond donors (Lipinski definition) is 1. The number of amides is 1. The molecule has 1 aliphatic rings. The fraction of sp³-hybridized carbons (Fsp3) is 0.250. The fourth-order valence-electron chi connectivity index (χ4n) is 1.72. The van der Waals surface area contributed by atoms with Crippen molar-refractivity contribution in [1.82, 2.24) is 4.90 Å². The van der Waals surface area contributed by atoms with Crippen molar-refractivity contribution in [2.24, 2.45) is 0 Å². The summed E-state index contributed by atoms with van der Waals surface area (Å²) in [5.74, 6) is -0.914. The second-order valence-corrected chi connectivity index (χ2v) is 5.51. The second kappa shape index (κ2) is 5.58. The van der Waals surface area contributed by atoms with Crippen LogP contribution in [0.4, 0.5) is 0 Å². The van der Waals surface area contributed by atoms with Gasteiger partial charge in [0.2, 0.25) is 0 Å². The van der Waals surface area contributed by atoms with Gasteiger partial charge in [0.1, 0.15) is 16.1 Å². The maximum absolute atomic E-state index is 12.2. The molecule has 1 amide bonds. The molecule has 0 aliphatic carbocycles. The molecule has 0 aromatic carbocycles. The first-order valence-corrected chi connectivity index (χ1v) is 6.80. The molecule has 1 aromatic rings. The van der Waals surface area contributed by atoms with Crippen molar-refractivity contribution >= 4 is 46.3 Å². The number of carboxylic acid groups (broad SMARTS) is 1. The van der Waals surface area contributed by atoms with E-state index in [0.29, 0.717) is 17.1 Å². The van der Waals surface area contributed by atoms with E-state index in [1.165, 1.54) is 6.26 Å².